The molecule has 0 amide bonds. The van der Waals surface area contributed by atoms with Crippen LogP contribution in [0.25, 0.3) is 22.5 Å². The Morgan fingerprint density at radius 2 is 1.55 bits per heavy atom. The van der Waals surface area contributed by atoms with Crippen LogP contribution < -0.4 is 0 Å². The Labute approximate surface area is 172 Å². The van der Waals surface area contributed by atoms with Crippen LogP contribution in [0.1, 0.15) is 5.69 Å². The number of H-pyrrole nitrogens is 1. The summed E-state index contributed by atoms with van der Waals surface area (Å²) in [5.41, 5.74) is 1.57. The van der Waals surface area contributed by atoms with Gasteiger partial charge in [-0.05, 0) is 47.5 Å². The van der Waals surface area contributed by atoms with Gasteiger partial charge >= 0.3 is 6.18 Å². The lowest BCUT2D eigenvalue weighted by Gasteiger charge is -2.21. The molecule has 0 radical (unpaired) electrons. The molecule has 3 heterocycles. The van der Waals surface area contributed by atoms with Crippen LogP contribution >= 0.6 is 23.5 Å². The highest BCUT2D eigenvalue weighted by Gasteiger charge is 2.33. The van der Waals surface area contributed by atoms with E-state index in [4.69, 9.17) is 0 Å². The summed E-state index contributed by atoms with van der Waals surface area (Å²) in [5, 5.41) is 5.83. The van der Waals surface area contributed by atoms with E-state index in [1.54, 1.807) is 35.8 Å². The molecule has 1 N–H and O–H groups in total. The number of fused-ring (bicyclic) bond motifs is 2. The maximum absolute atomic E-state index is 12.9. The summed E-state index contributed by atoms with van der Waals surface area (Å²) in [6.45, 7) is 0. The molecule has 8 heteroatoms. The van der Waals surface area contributed by atoms with Crippen molar-refractivity contribution >= 4 is 23.5 Å². The van der Waals surface area contributed by atoms with Crippen LogP contribution in [0.3, 0.4) is 0 Å². The van der Waals surface area contributed by atoms with Gasteiger partial charge in [0.15, 0.2) is 0 Å². The van der Waals surface area contributed by atoms with Crippen molar-refractivity contribution in [3.63, 3.8) is 0 Å². The fourth-order valence-electron chi connectivity index (χ4n) is 3.11. The maximum atomic E-state index is 12.9. The van der Waals surface area contributed by atoms with Crippen molar-refractivity contribution in [1.82, 2.24) is 15.2 Å². The third-order valence-electron chi connectivity index (χ3n) is 4.48. The second kappa shape index (κ2) is 6.96. The lowest BCUT2D eigenvalue weighted by atomic mass is 10.1. The Bertz CT molecular complexity index is 1220. The third-order valence-corrected chi connectivity index (χ3v) is 7.09. The zero-order valence-electron chi connectivity index (χ0n) is 14.7. The van der Waals surface area contributed by atoms with E-state index in [1.165, 1.54) is 9.79 Å². The molecule has 0 unspecified atom stereocenters. The molecular weight excluding hydrogens is 415 g/mol. The largest absolute Gasteiger partial charge is 0.432 e. The molecule has 0 saturated carbocycles. The number of nitrogens with zero attached hydrogens (tertiary/aromatic N) is 2. The van der Waals surface area contributed by atoms with Gasteiger partial charge < -0.3 is 0 Å². The molecule has 1 aliphatic heterocycles. The summed E-state index contributed by atoms with van der Waals surface area (Å²) >= 11 is 3.42. The van der Waals surface area contributed by atoms with E-state index < -0.39 is 11.9 Å². The lowest BCUT2D eigenvalue weighted by Crippen LogP contribution is -2.04. The molecule has 2 aromatic carbocycles. The molecule has 0 fully saturated rings. The number of alkyl halides is 3. The summed E-state index contributed by atoms with van der Waals surface area (Å²) < 4.78 is 38.6. The van der Waals surface area contributed by atoms with Gasteiger partial charge in [-0.15, -0.1) is 0 Å². The van der Waals surface area contributed by atoms with Gasteiger partial charge in [-0.2, -0.15) is 18.3 Å². The molecule has 0 spiro atoms. The smallest absolute Gasteiger partial charge is 0.273 e. The number of aromatic nitrogens is 3. The maximum Gasteiger partial charge on any atom is 0.432 e. The molecule has 2 aromatic heterocycles. The molecule has 144 valence electrons. The van der Waals surface area contributed by atoms with Crippen molar-refractivity contribution in [1.29, 1.82) is 0 Å². The van der Waals surface area contributed by atoms with Crippen molar-refractivity contribution in [2.45, 2.75) is 25.8 Å². The van der Waals surface area contributed by atoms with Crippen LogP contribution in [0.5, 0.6) is 0 Å². The van der Waals surface area contributed by atoms with E-state index in [-0.39, 0.29) is 5.69 Å². The van der Waals surface area contributed by atoms with E-state index >= 15 is 0 Å². The van der Waals surface area contributed by atoms with Crippen LogP contribution in [0, 0.1) is 0 Å². The highest BCUT2D eigenvalue weighted by atomic mass is 32.2. The Morgan fingerprint density at radius 1 is 0.793 bits per heavy atom. The van der Waals surface area contributed by atoms with Gasteiger partial charge in [-0.3, -0.25) is 10.1 Å². The van der Waals surface area contributed by atoms with Gasteiger partial charge in [0.25, 0.3) is 0 Å². The van der Waals surface area contributed by atoms with Crippen LogP contribution in [0.15, 0.2) is 86.4 Å². The minimum atomic E-state index is -4.47. The Morgan fingerprint density at radius 3 is 2.31 bits per heavy atom. The number of nitrogens with one attached hydrogen (secondary N) is 1. The van der Waals surface area contributed by atoms with Crippen molar-refractivity contribution in [3.05, 3.63) is 72.6 Å². The summed E-state index contributed by atoms with van der Waals surface area (Å²) in [6.07, 6.45) is -2.87. The number of benzene rings is 2. The first-order valence-electron chi connectivity index (χ1n) is 8.66. The predicted molar refractivity (Wildman–Crippen MR) is 107 cm³/mol. The number of hydrogen-bond donors (Lipinski definition) is 1. The van der Waals surface area contributed by atoms with E-state index in [0.29, 0.717) is 5.69 Å². The van der Waals surface area contributed by atoms with Crippen LogP contribution in [0.4, 0.5) is 13.2 Å². The average molecular weight is 427 g/mol. The number of aromatic amines is 1. The molecule has 1 aliphatic rings. The summed E-state index contributed by atoms with van der Waals surface area (Å²) in [7, 11) is 0. The normalized spacial score (nSPS) is 13.1. The molecule has 0 atom stereocenters. The van der Waals surface area contributed by atoms with E-state index in [9.17, 15) is 13.2 Å². The van der Waals surface area contributed by atoms with Crippen molar-refractivity contribution in [2.24, 2.45) is 0 Å². The first kappa shape index (κ1) is 18.3. The molecule has 3 nitrogen and oxygen atoms in total. The Hall–Kier alpha value is -2.71. The van der Waals surface area contributed by atoms with Crippen molar-refractivity contribution < 1.29 is 13.2 Å². The first-order chi connectivity index (χ1) is 14.0. The van der Waals surface area contributed by atoms with E-state index in [0.717, 1.165) is 27.0 Å². The van der Waals surface area contributed by atoms with Gasteiger partial charge in [0, 0.05) is 25.8 Å². The standard InChI is InChI=1S/C21H12F3N3S2/c22-21(23,24)19-11-15(26-27-19)14-10-12(8-9-25-14)13-4-3-7-18-20(13)29-17-6-2-1-5-16(17)28-18/h1-11H,(H,26,27). The summed E-state index contributed by atoms with van der Waals surface area (Å²) in [4.78, 5) is 8.91. The molecular formula is C21H12F3N3S2. The van der Waals surface area contributed by atoms with Crippen molar-refractivity contribution in [2.75, 3.05) is 0 Å². The number of halogens is 3. The Balaban J connectivity index is 1.55. The fraction of sp³-hybridized carbons (Fsp3) is 0.0476. The topological polar surface area (TPSA) is 41.6 Å². The SMILES string of the molecule is FC(F)(F)c1cc(-c2cc(-c3cccc4c3Sc3ccccc3S4)ccn2)n[nH]1. The highest BCUT2D eigenvalue weighted by Crippen LogP contribution is 2.51. The van der Waals surface area contributed by atoms with Gasteiger partial charge in [-0.25, -0.2) is 0 Å². The van der Waals surface area contributed by atoms with E-state index in [1.807, 2.05) is 35.4 Å². The van der Waals surface area contributed by atoms with Gasteiger partial charge in [0.1, 0.15) is 11.4 Å². The average Bonchev–Trinajstić information content (AvgIpc) is 3.23. The molecule has 0 saturated heterocycles. The number of hydrogen-bond acceptors (Lipinski definition) is 4. The van der Waals surface area contributed by atoms with Crippen molar-refractivity contribution in [3.8, 4) is 22.5 Å². The van der Waals surface area contributed by atoms with E-state index in [2.05, 4.69) is 28.3 Å². The molecule has 0 aliphatic carbocycles. The zero-order valence-corrected chi connectivity index (χ0v) is 16.3. The van der Waals surface area contributed by atoms with Crippen LogP contribution in [-0.2, 0) is 6.18 Å². The lowest BCUT2D eigenvalue weighted by molar-refractivity contribution is -0.141. The summed E-state index contributed by atoms with van der Waals surface area (Å²) in [5.74, 6) is 0. The minimum absolute atomic E-state index is 0.163. The highest BCUT2D eigenvalue weighted by molar-refractivity contribution is 8.05. The number of rotatable bonds is 2. The monoisotopic (exact) mass is 427 g/mol. The Kier molecular flexibility index (Phi) is 4.40. The van der Waals surface area contributed by atoms with Gasteiger partial charge in [-0.1, -0.05) is 47.8 Å². The first-order valence-corrected chi connectivity index (χ1v) is 10.3. The fourth-order valence-corrected chi connectivity index (χ4v) is 5.51. The summed E-state index contributed by atoms with van der Waals surface area (Å²) in [6, 6.07) is 18.9. The third kappa shape index (κ3) is 3.42. The zero-order chi connectivity index (χ0) is 20.0. The quantitative estimate of drug-likeness (QED) is 0.337. The predicted octanol–water partition coefficient (Wildman–Crippen LogP) is 6.77. The molecule has 4 aromatic rings. The second-order valence-electron chi connectivity index (χ2n) is 6.38. The van der Waals surface area contributed by atoms with Crippen LogP contribution in [0.2, 0.25) is 0 Å². The van der Waals surface area contributed by atoms with Crippen LogP contribution in [-0.4, -0.2) is 15.2 Å². The number of pyridine rings is 1. The second-order valence-corrected chi connectivity index (χ2v) is 8.51. The molecule has 5 rings (SSSR count). The minimum Gasteiger partial charge on any atom is -0.273 e. The van der Waals surface area contributed by atoms with Gasteiger partial charge in [0.2, 0.25) is 0 Å². The molecule has 29 heavy (non-hydrogen) atoms. The van der Waals surface area contributed by atoms with Gasteiger partial charge in [0.05, 0.1) is 5.69 Å². The molecule has 0 bridgehead atoms.